The number of nitrogens with two attached hydrogens (primary N) is 1. The van der Waals surface area contributed by atoms with Crippen LogP contribution < -0.4 is 5.73 Å². The fourth-order valence-corrected chi connectivity index (χ4v) is 5.43. The smallest absolute Gasteiger partial charge is 0.251 e. The van der Waals surface area contributed by atoms with E-state index in [1.165, 1.54) is 25.3 Å². The van der Waals surface area contributed by atoms with E-state index in [9.17, 15) is 14.7 Å². The first-order valence-electron chi connectivity index (χ1n) is 11.6. The Kier molecular flexibility index (Phi) is 6.92. The standard InChI is InChI=1S/C26H33N3O3/c1-18(30)26(32)28(17-19-6-3-2-4-7-19)12-13-29-23-10-11-24(29)16-22(15-23)20-8-5-9-21(14-20)25(27)31/h2-9,14,18,22-24,30H,10-13,15-17H2,1H3,(H2,27,31)/t18-,22?,23-,24+/m0/s1. The van der Waals surface area contributed by atoms with E-state index >= 15 is 0 Å². The molecule has 6 heteroatoms. The number of primary amides is 1. The van der Waals surface area contributed by atoms with Gasteiger partial charge in [-0.05, 0) is 61.8 Å². The second-order valence-electron chi connectivity index (χ2n) is 9.20. The summed E-state index contributed by atoms with van der Waals surface area (Å²) >= 11 is 0. The number of amides is 2. The van der Waals surface area contributed by atoms with Gasteiger partial charge in [0.25, 0.3) is 5.91 Å². The molecule has 2 fully saturated rings. The number of benzene rings is 2. The molecule has 6 nitrogen and oxygen atoms in total. The molecule has 0 saturated carbocycles. The predicted molar refractivity (Wildman–Crippen MR) is 124 cm³/mol. The van der Waals surface area contributed by atoms with Gasteiger partial charge in [-0.3, -0.25) is 14.5 Å². The van der Waals surface area contributed by atoms with Crippen molar-refractivity contribution in [1.82, 2.24) is 9.80 Å². The van der Waals surface area contributed by atoms with Gasteiger partial charge in [-0.2, -0.15) is 0 Å². The van der Waals surface area contributed by atoms with E-state index < -0.39 is 6.10 Å². The molecule has 32 heavy (non-hydrogen) atoms. The lowest BCUT2D eigenvalue weighted by molar-refractivity contribution is -0.140. The molecule has 2 amide bonds. The maximum absolute atomic E-state index is 12.6. The highest BCUT2D eigenvalue weighted by molar-refractivity contribution is 5.92. The van der Waals surface area contributed by atoms with E-state index in [-0.39, 0.29) is 11.8 Å². The average Bonchev–Trinajstić information content (AvgIpc) is 3.03. The van der Waals surface area contributed by atoms with Gasteiger partial charge in [0.1, 0.15) is 6.10 Å². The Hall–Kier alpha value is -2.70. The summed E-state index contributed by atoms with van der Waals surface area (Å²) in [5.74, 6) is -0.171. The summed E-state index contributed by atoms with van der Waals surface area (Å²) in [6, 6.07) is 18.6. The lowest BCUT2D eigenvalue weighted by Gasteiger charge is -2.40. The molecular formula is C26H33N3O3. The Morgan fingerprint density at radius 1 is 1.09 bits per heavy atom. The molecule has 2 aromatic rings. The number of nitrogens with zero attached hydrogens (tertiary/aromatic N) is 2. The van der Waals surface area contributed by atoms with Crippen LogP contribution in [0.5, 0.6) is 0 Å². The van der Waals surface area contributed by atoms with Gasteiger partial charge in [-0.15, -0.1) is 0 Å². The zero-order valence-corrected chi connectivity index (χ0v) is 18.7. The van der Waals surface area contributed by atoms with Crippen LogP contribution in [-0.4, -0.2) is 58.0 Å². The van der Waals surface area contributed by atoms with E-state index in [0.717, 1.165) is 24.9 Å². The van der Waals surface area contributed by atoms with E-state index in [1.54, 1.807) is 11.0 Å². The molecule has 4 atom stereocenters. The van der Waals surface area contributed by atoms with Gasteiger partial charge in [-0.25, -0.2) is 0 Å². The number of aliphatic hydroxyl groups is 1. The topological polar surface area (TPSA) is 86.9 Å². The number of hydrogen-bond acceptors (Lipinski definition) is 4. The van der Waals surface area contributed by atoms with E-state index in [0.29, 0.717) is 36.7 Å². The first kappa shape index (κ1) is 22.5. The molecule has 2 aromatic carbocycles. The number of piperidine rings is 1. The maximum Gasteiger partial charge on any atom is 0.251 e. The average molecular weight is 436 g/mol. The molecular weight excluding hydrogens is 402 g/mol. The number of rotatable bonds is 8. The molecule has 0 aromatic heterocycles. The predicted octanol–water partition coefficient (Wildman–Crippen LogP) is 2.91. The highest BCUT2D eigenvalue weighted by Crippen LogP contribution is 2.43. The molecule has 1 unspecified atom stereocenters. The number of carbonyl (C=O) groups is 2. The van der Waals surface area contributed by atoms with Crippen LogP contribution in [0.4, 0.5) is 0 Å². The van der Waals surface area contributed by atoms with Crippen LogP contribution in [0.3, 0.4) is 0 Å². The Morgan fingerprint density at radius 2 is 1.78 bits per heavy atom. The SMILES string of the molecule is C[C@H](O)C(=O)N(CCN1[C@@H]2CC[C@H]1CC(c1cccc(C(N)=O)c1)C2)Cc1ccccc1. The van der Waals surface area contributed by atoms with Gasteiger partial charge in [-0.1, -0.05) is 42.5 Å². The van der Waals surface area contributed by atoms with Gasteiger partial charge in [0.2, 0.25) is 5.91 Å². The summed E-state index contributed by atoms with van der Waals surface area (Å²) in [5.41, 5.74) is 8.32. The summed E-state index contributed by atoms with van der Waals surface area (Å²) in [4.78, 5) is 28.6. The van der Waals surface area contributed by atoms with Crippen molar-refractivity contribution in [3.63, 3.8) is 0 Å². The second-order valence-corrected chi connectivity index (χ2v) is 9.20. The number of carbonyl (C=O) groups excluding carboxylic acids is 2. The molecule has 3 N–H and O–H groups in total. The van der Waals surface area contributed by atoms with Crippen molar-refractivity contribution in [1.29, 1.82) is 0 Å². The summed E-state index contributed by atoms with van der Waals surface area (Å²) in [5, 5.41) is 9.91. The first-order chi connectivity index (χ1) is 15.4. The van der Waals surface area contributed by atoms with Crippen LogP contribution in [-0.2, 0) is 11.3 Å². The lowest BCUT2D eigenvalue weighted by atomic mass is 9.84. The third-order valence-corrected chi connectivity index (χ3v) is 7.04. The molecule has 2 saturated heterocycles. The second kappa shape index (κ2) is 9.84. The molecule has 0 radical (unpaired) electrons. The van der Waals surface area contributed by atoms with Gasteiger partial charge < -0.3 is 15.7 Å². The Balaban J connectivity index is 1.41. The maximum atomic E-state index is 12.6. The molecule has 170 valence electrons. The van der Waals surface area contributed by atoms with E-state index in [2.05, 4.69) is 11.0 Å². The number of hydrogen-bond donors (Lipinski definition) is 2. The number of aliphatic hydroxyl groups excluding tert-OH is 1. The fraction of sp³-hybridized carbons (Fsp3) is 0.462. The zero-order valence-electron chi connectivity index (χ0n) is 18.7. The minimum absolute atomic E-state index is 0.223. The highest BCUT2D eigenvalue weighted by Gasteiger charge is 2.41. The van der Waals surface area contributed by atoms with Crippen molar-refractivity contribution < 1.29 is 14.7 Å². The summed E-state index contributed by atoms with van der Waals surface area (Å²) in [6.45, 7) is 3.47. The van der Waals surface area contributed by atoms with Crippen molar-refractivity contribution in [2.24, 2.45) is 5.73 Å². The fourth-order valence-electron chi connectivity index (χ4n) is 5.43. The van der Waals surface area contributed by atoms with Crippen molar-refractivity contribution in [3.8, 4) is 0 Å². The molecule has 2 aliphatic heterocycles. The number of fused-ring (bicyclic) bond motifs is 2. The van der Waals surface area contributed by atoms with Crippen LogP contribution >= 0.6 is 0 Å². The molecule has 2 bridgehead atoms. The quantitative estimate of drug-likeness (QED) is 0.668. The van der Waals surface area contributed by atoms with E-state index in [1.807, 2.05) is 42.5 Å². The van der Waals surface area contributed by atoms with Crippen molar-refractivity contribution in [2.75, 3.05) is 13.1 Å². The summed E-state index contributed by atoms with van der Waals surface area (Å²) in [7, 11) is 0. The largest absolute Gasteiger partial charge is 0.384 e. The van der Waals surface area contributed by atoms with Crippen LogP contribution in [0.1, 0.15) is 60.0 Å². The highest BCUT2D eigenvalue weighted by atomic mass is 16.3. The van der Waals surface area contributed by atoms with Gasteiger partial charge in [0.15, 0.2) is 0 Å². The van der Waals surface area contributed by atoms with Crippen LogP contribution in [0.25, 0.3) is 0 Å². The minimum atomic E-state index is -1.00. The monoisotopic (exact) mass is 435 g/mol. The lowest BCUT2D eigenvalue weighted by Crippen LogP contribution is -2.48. The van der Waals surface area contributed by atoms with E-state index in [4.69, 9.17) is 5.73 Å². The Labute approximate surface area is 190 Å². The van der Waals surface area contributed by atoms with Crippen molar-refractivity contribution in [3.05, 3.63) is 71.3 Å². The normalized spacial score (nSPS) is 23.6. The van der Waals surface area contributed by atoms with Gasteiger partial charge in [0, 0.05) is 37.3 Å². The zero-order chi connectivity index (χ0) is 22.7. The third-order valence-electron chi connectivity index (χ3n) is 7.04. The summed E-state index contributed by atoms with van der Waals surface area (Å²) in [6.07, 6.45) is 3.45. The third kappa shape index (κ3) is 5.03. The van der Waals surface area contributed by atoms with Crippen LogP contribution in [0.2, 0.25) is 0 Å². The van der Waals surface area contributed by atoms with Crippen LogP contribution in [0.15, 0.2) is 54.6 Å². The van der Waals surface area contributed by atoms with Crippen LogP contribution in [0, 0.1) is 0 Å². The first-order valence-corrected chi connectivity index (χ1v) is 11.6. The van der Waals surface area contributed by atoms with Crippen molar-refractivity contribution in [2.45, 2.75) is 63.3 Å². The molecule has 0 spiro atoms. The Morgan fingerprint density at radius 3 is 2.41 bits per heavy atom. The molecule has 2 heterocycles. The molecule has 4 rings (SSSR count). The Bertz CT molecular complexity index is 932. The van der Waals surface area contributed by atoms with Gasteiger partial charge >= 0.3 is 0 Å². The minimum Gasteiger partial charge on any atom is -0.384 e. The van der Waals surface area contributed by atoms with Gasteiger partial charge in [0.05, 0.1) is 0 Å². The molecule has 0 aliphatic carbocycles. The van der Waals surface area contributed by atoms with Crippen molar-refractivity contribution >= 4 is 11.8 Å². The summed E-state index contributed by atoms with van der Waals surface area (Å²) < 4.78 is 0. The molecule has 2 aliphatic rings.